The van der Waals surface area contributed by atoms with E-state index < -0.39 is 0 Å². The van der Waals surface area contributed by atoms with E-state index in [1.165, 1.54) is 18.7 Å². The Kier molecular flexibility index (Phi) is 6.90. The summed E-state index contributed by atoms with van der Waals surface area (Å²) in [6.07, 6.45) is 0.0343. The molecule has 9 heteroatoms. The van der Waals surface area contributed by atoms with Crippen molar-refractivity contribution in [1.82, 2.24) is 14.8 Å². The van der Waals surface area contributed by atoms with Gasteiger partial charge in [-0.15, -0.1) is 10.2 Å². The van der Waals surface area contributed by atoms with Crippen molar-refractivity contribution in [2.75, 3.05) is 17.7 Å². The van der Waals surface area contributed by atoms with E-state index in [1.54, 1.807) is 42.8 Å². The summed E-state index contributed by atoms with van der Waals surface area (Å²) in [5.74, 6) is 0.0113. The van der Waals surface area contributed by atoms with Crippen LogP contribution in [0, 0.1) is 0 Å². The number of ether oxygens (including phenoxy) is 1. The molecule has 0 aliphatic heterocycles. The van der Waals surface area contributed by atoms with Crippen LogP contribution in [0.1, 0.15) is 30.0 Å². The third-order valence-electron chi connectivity index (χ3n) is 3.44. The molecule has 0 fully saturated rings. The Labute approximate surface area is 155 Å². The lowest BCUT2D eigenvalue weighted by Crippen LogP contribution is -2.15. The van der Waals surface area contributed by atoms with Crippen molar-refractivity contribution in [3.05, 3.63) is 35.7 Å². The predicted molar refractivity (Wildman–Crippen MR) is 97.1 cm³/mol. The molecule has 0 unspecified atom stereocenters. The maximum Gasteiger partial charge on any atom is 0.313 e. The quantitative estimate of drug-likeness (QED) is 0.426. The van der Waals surface area contributed by atoms with Crippen LogP contribution in [0.15, 0.2) is 29.4 Å². The minimum atomic E-state index is -0.369. The SMILES string of the molecule is CCOC(=O)Cc1nnc(SCC(=O)Nc2ccc(C(C)=O)cc2)n1C. The zero-order chi connectivity index (χ0) is 19.1. The molecule has 138 valence electrons. The van der Waals surface area contributed by atoms with E-state index in [0.29, 0.717) is 28.8 Å². The number of nitrogens with one attached hydrogen (secondary N) is 1. The first-order chi connectivity index (χ1) is 12.4. The molecule has 0 aliphatic carbocycles. The first-order valence-corrected chi connectivity index (χ1v) is 8.96. The van der Waals surface area contributed by atoms with Gasteiger partial charge in [0, 0.05) is 18.3 Å². The Hall–Kier alpha value is -2.68. The van der Waals surface area contributed by atoms with Crippen molar-refractivity contribution in [3.63, 3.8) is 0 Å². The first-order valence-electron chi connectivity index (χ1n) is 7.98. The molecule has 0 radical (unpaired) electrons. The number of rotatable bonds is 8. The fraction of sp³-hybridized carbons (Fsp3) is 0.353. The molecule has 0 atom stereocenters. The summed E-state index contributed by atoms with van der Waals surface area (Å²) < 4.78 is 6.55. The average Bonchev–Trinajstić information content (AvgIpc) is 2.94. The van der Waals surface area contributed by atoms with Crippen LogP contribution in [0.25, 0.3) is 0 Å². The van der Waals surface area contributed by atoms with Gasteiger partial charge in [0.05, 0.1) is 12.4 Å². The van der Waals surface area contributed by atoms with Crippen LogP contribution in [-0.2, 0) is 27.8 Å². The molecule has 1 amide bonds. The summed E-state index contributed by atoms with van der Waals surface area (Å²) >= 11 is 1.21. The fourth-order valence-electron chi connectivity index (χ4n) is 2.08. The van der Waals surface area contributed by atoms with Crippen LogP contribution in [0.3, 0.4) is 0 Å². The van der Waals surface area contributed by atoms with Crippen molar-refractivity contribution in [2.45, 2.75) is 25.4 Å². The number of thioether (sulfide) groups is 1. The Bertz CT molecular complexity index is 802. The molecule has 0 saturated heterocycles. The summed E-state index contributed by atoms with van der Waals surface area (Å²) in [6, 6.07) is 6.68. The van der Waals surface area contributed by atoms with Crippen molar-refractivity contribution >= 4 is 35.1 Å². The molecule has 1 aromatic carbocycles. The molecule has 0 spiro atoms. The minimum Gasteiger partial charge on any atom is -0.466 e. The lowest BCUT2D eigenvalue weighted by Gasteiger charge is -2.06. The van der Waals surface area contributed by atoms with E-state index in [1.807, 2.05) is 0 Å². The number of benzene rings is 1. The Morgan fingerprint density at radius 1 is 1.19 bits per heavy atom. The molecule has 26 heavy (non-hydrogen) atoms. The zero-order valence-electron chi connectivity index (χ0n) is 14.8. The van der Waals surface area contributed by atoms with Crippen LogP contribution < -0.4 is 5.32 Å². The van der Waals surface area contributed by atoms with Gasteiger partial charge in [-0.1, -0.05) is 11.8 Å². The summed E-state index contributed by atoms with van der Waals surface area (Å²) in [7, 11) is 1.73. The number of carbonyl (C=O) groups excluding carboxylic acids is 3. The highest BCUT2D eigenvalue weighted by Crippen LogP contribution is 2.17. The van der Waals surface area contributed by atoms with Gasteiger partial charge in [0.15, 0.2) is 10.9 Å². The number of anilines is 1. The van der Waals surface area contributed by atoms with Crippen molar-refractivity contribution in [1.29, 1.82) is 0 Å². The average molecular weight is 376 g/mol. The number of carbonyl (C=O) groups is 3. The first kappa shape index (κ1) is 19.6. The number of nitrogens with zero attached hydrogens (tertiary/aromatic N) is 3. The molecule has 1 N–H and O–H groups in total. The van der Waals surface area contributed by atoms with Crippen LogP contribution in [-0.4, -0.2) is 44.8 Å². The van der Waals surface area contributed by atoms with Gasteiger partial charge in [-0.25, -0.2) is 0 Å². The van der Waals surface area contributed by atoms with Gasteiger partial charge in [0.2, 0.25) is 5.91 Å². The minimum absolute atomic E-state index is 0.0284. The highest BCUT2D eigenvalue weighted by molar-refractivity contribution is 7.99. The maximum atomic E-state index is 12.1. The molecule has 0 saturated carbocycles. The van der Waals surface area contributed by atoms with Gasteiger partial charge in [0.1, 0.15) is 12.2 Å². The van der Waals surface area contributed by atoms with Crippen molar-refractivity contribution < 1.29 is 19.1 Å². The van der Waals surface area contributed by atoms with Gasteiger partial charge < -0.3 is 14.6 Å². The second-order valence-corrected chi connectivity index (χ2v) is 6.35. The third-order valence-corrected chi connectivity index (χ3v) is 4.46. The number of hydrogen-bond donors (Lipinski definition) is 1. The van der Waals surface area contributed by atoms with Crippen LogP contribution in [0.2, 0.25) is 0 Å². The second kappa shape index (κ2) is 9.14. The van der Waals surface area contributed by atoms with E-state index >= 15 is 0 Å². The second-order valence-electron chi connectivity index (χ2n) is 5.41. The number of ketones is 1. The fourth-order valence-corrected chi connectivity index (χ4v) is 2.81. The van der Waals surface area contributed by atoms with Gasteiger partial charge in [-0.05, 0) is 38.1 Å². The molecular formula is C17H20N4O4S. The van der Waals surface area contributed by atoms with E-state index in [0.717, 1.165) is 0 Å². The van der Waals surface area contributed by atoms with E-state index in [9.17, 15) is 14.4 Å². The Morgan fingerprint density at radius 2 is 1.88 bits per heavy atom. The van der Waals surface area contributed by atoms with Gasteiger partial charge in [-0.2, -0.15) is 0 Å². The van der Waals surface area contributed by atoms with E-state index in [-0.39, 0.29) is 29.8 Å². The topological polar surface area (TPSA) is 103 Å². The van der Waals surface area contributed by atoms with E-state index in [4.69, 9.17) is 4.74 Å². The van der Waals surface area contributed by atoms with Crippen LogP contribution >= 0.6 is 11.8 Å². The Balaban J connectivity index is 1.88. The summed E-state index contributed by atoms with van der Waals surface area (Å²) in [5, 5.41) is 11.2. The monoisotopic (exact) mass is 376 g/mol. The largest absolute Gasteiger partial charge is 0.466 e. The number of esters is 1. The lowest BCUT2D eigenvalue weighted by atomic mass is 10.1. The molecule has 0 aliphatic rings. The van der Waals surface area contributed by atoms with Crippen LogP contribution in [0.5, 0.6) is 0 Å². The highest BCUT2D eigenvalue weighted by Gasteiger charge is 2.15. The molecule has 2 rings (SSSR count). The summed E-state index contributed by atoms with van der Waals surface area (Å²) in [5.41, 5.74) is 1.20. The van der Waals surface area contributed by atoms with E-state index in [2.05, 4.69) is 15.5 Å². The third kappa shape index (κ3) is 5.41. The van der Waals surface area contributed by atoms with Gasteiger partial charge in [0.25, 0.3) is 0 Å². The smallest absolute Gasteiger partial charge is 0.313 e. The standard InChI is InChI=1S/C17H20N4O4S/c1-4-25-16(24)9-14-19-20-17(21(14)3)26-10-15(23)18-13-7-5-12(6-8-13)11(2)22/h5-8H,4,9-10H2,1-3H3,(H,18,23). The summed E-state index contributed by atoms with van der Waals surface area (Å²) in [6.45, 7) is 3.54. The number of aromatic nitrogens is 3. The maximum absolute atomic E-state index is 12.1. The number of hydrogen-bond acceptors (Lipinski definition) is 7. The molecule has 1 heterocycles. The normalized spacial score (nSPS) is 10.4. The van der Waals surface area contributed by atoms with Crippen molar-refractivity contribution in [2.24, 2.45) is 7.05 Å². The predicted octanol–water partition coefficient (Wildman–Crippen LogP) is 1.85. The molecular weight excluding hydrogens is 356 g/mol. The molecule has 0 bridgehead atoms. The molecule has 2 aromatic rings. The Morgan fingerprint density at radius 3 is 2.50 bits per heavy atom. The van der Waals surface area contributed by atoms with Crippen molar-refractivity contribution in [3.8, 4) is 0 Å². The van der Waals surface area contributed by atoms with Gasteiger partial charge in [-0.3, -0.25) is 14.4 Å². The summed E-state index contributed by atoms with van der Waals surface area (Å²) in [4.78, 5) is 34.8. The number of Topliss-reactive ketones (excluding diaryl/α,β-unsaturated/α-hetero) is 1. The number of amides is 1. The highest BCUT2D eigenvalue weighted by atomic mass is 32.2. The lowest BCUT2D eigenvalue weighted by molar-refractivity contribution is -0.142. The zero-order valence-corrected chi connectivity index (χ0v) is 15.6. The molecule has 8 nitrogen and oxygen atoms in total. The van der Waals surface area contributed by atoms with Crippen LogP contribution in [0.4, 0.5) is 5.69 Å². The molecule has 1 aromatic heterocycles. The van der Waals surface area contributed by atoms with Gasteiger partial charge >= 0.3 is 5.97 Å².